The second kappa shape index (κ2) is 44.3. The standard InChI is InChI=1S/C21H19ClN4O2.C20H17ClN4O.C18H15ClN2O.C16H17ClN4O2.2C16H15FN2O2S/c1-13(15-11-23-26(12-15)17-4-3-5-18(10-17)28-2)24-21(27)20-9-14-8-16(22)6-7-19(14)25-20;1-13(15-11-22-25(12-15)17-5-3-2-4-6-17)23-20(26)19-10-14-9-16(21)7-8-18(14)24-19;19-14-6-7-15-12(10-14)11-16(20-15)17(22)21-18(8-9-18)13-4-2-1-3-5-13;1-8(2)14-20-16(23-21-14)9(3)18-15(22)13-7-10-6-11(17)4-5-12(10)19-13;2*1-11(12-5-3-2-4-6-12)19-22(20,21)16-10-13-9-14(17)7-8-15(13)18-16/h3-13,25H,1-2H3,(H,24,27);2-13,24H,1H3,(H,23,26);1-7,10-11,20H,8-9H2,(H,21,22);4-9,19H,1-3H3,(H,18,22);2*2-11,18-19H,1H3/t;;;;2*11-/m....10/s1. The van der Waals surface area contributed by atoms with Crippen molar-refractivity contribution in [2.24, 2.45) is 0 Å². The average Bonchev–Trinajstić information content (AvgIpc) is 1.60. The molecule has 5 atom stereocenters. The molecule has 1 saturated carbocycles. The van der Waals surface area contributed by atoms with Gasteiger partial charge in [-0.2, -0.15) is 15.2 Å². The number of nitrogens with zero attached hydrogens (tertiary/aromatic N) is 6. The Morgan fingerprint density at radius 2 is 0.748 bits per heavy atom. The van der Waals surface area contributed by atoms with Crippen molar-refractivity contribution in [1.29, 1.82) is 0 Å². The summed E-state index contributed by atoms with van der Waals surface area (Å²) in [5, 5.41) is 32.0. The molecular weight excluding hydrogens is 1940 g/mol. The van der Waals surface area contributed by atoms with Crippen LogP contribution in [0.2, 0.25) is 20.1 Å². The lowest BCUT2D eigenvalue weighted by Crippen LogP contribution is -2.34. The summed E-state index contributed by atoms with van der Waals surface area (Å²) in [6, 6.07) is 84.9. The first kappa shape index (κ1) is 101. The quantitative estimate of drug-likeness (QED) is 0.0268. The normalized spacial score (nSPS) is 13.2. The Labute approximate surface area is 841 Å². The Bertz CT molecular complexity index is 8040. The molecule has 9 aromatic heterocycles. The zero-order valence-electron chi connectivity index (χ0n) is 78.3. The second-order valence-electron chi connectivity index (χ2n) is 34.5. The second-order valence-corrected chi connectivity index (χ2v) is 39.6. The van der Waals surface area contributed by atoms with E-state index in [2.05, 4.69) is 93.1 Å². The maximum atomic E-state index is 13.2. The first-order chi connectivity index (χ1) is 68.6. The lowest BCUT2D eigenvalue weighted by Gasteiger charge is -2.17. The Morgan fingerprint density at radius 1 is 0.392 bits per heavy atom. The number of rotatable bonds is 24. The maximum absolute atomic E-state index is 13.2. The number of H-pyrrole nitrogens is 6. The molecule has 36 heteroatoms. The predicted molar refractivity (Wildman–Crippen MR) is 555 cm³/mol. The summed E-state index contributed by atoms with van der Waals surface area (Å²) in [6.07, 6.45) is 9.29. The van der Waals surface area contributed by atoms with E-state index in [1.807, 2.05) is 228 Å². The molecule has 1 aliphatic rings. The first-order valence-corrected chi connectivity index (χ1v) is 49.9. The smallest absolute Gasteiger partial charge is 0.268 e. The van der Waals surface area contributed by atoms with Gasteiger partial charge in [0.05, 0.1) is 48.5 Å². The Morgan fingerprint density at radius 3 is 1.14 bits per heavy atom. The maximum Gasteiger partial charge on any atom is 0.268 e. The zero-order valence-corrected chi connectivity index (χ0v) is 82.9. The van der Waals surface area contributed by atoms with Crippen LogP contribution in [0, 0.1) is 11.6 Å². The van der Waals surface area contributed by atoms with Crippen molar-refractivity contribution < 1.29 is 54.1 Å². The topological polar surface area (TPSA) is 387 Å². The van der Waals surface area contributed by atoms with Crippen molar-refractivity contribution in [2.45, 2.75) is 113 Å². The first-order valence-electron chi connectivity index (χ1n) is 45.4. The molecule has 12 N–H and O–H groups in total. The van der Waals surface area contributed by atoms with E-state index in [-0.39, 0.29) is 75.3 Å². The third-order valence-corrected chi connectivity index (χ3v) is 27.5. The molecule has 730 valence electrons. The minimum absolute atomic E-state index is 0.0240. The van der Waals surface area contributed by atoms with E-state index in [1.165, 1.54) is 54.1 Å². The van der Waals surface area contributed by atoms with Crippen LogP contribution >= 0.6 is 46.4 Å². The molecule has 0 spiro atoms. The molecule has 143 heavy (non-hydrogen) atoms. The minimum Gasteiger partial charge on any atom is -0.497 e. The summed E-state index contributed by atoms with van der Waals surface area (Å²) in [4.78, 5) is 72.4. The van der Waals surface area contributed by atoms with Crippen molar-refractivity contribution in [2.75, 3.05) is 7.11 Å². The molecule has 11 aromatic carbocycles. The van der Waals surface area contributed by atoms with Gasteiger partial charge in [0, 0.05) is 133 Å². The fraction of sp³-hybridized carbons (Fsp3) is 0.159. The Balaban J connectivity index is 0.000000124. The van der Waals surface area contributed by atoms with Gasteiger partial charge >= 0.3 is 0 Å². The van der Waals surface area contributed by atoms with E-state index in [9.17, 15) is 44.8 Å². The van der Waals surface area contributed by atoms with Crippen molar-refractivity contribution >= 4 is 155 Å². The summed E-state index contributed by atoms with van der Waals surface area (Å²) in [5.74, 6) is 0.474. The number of benzene rings is 11. The molecule has 0 bridgehead atoms. The van der Waals surface area contributed by atoms with Crippen LogP contribution in [-0.2, 0) is 25.6 Å². The number of nitrogens with one attached hydrogen (secondary N) is 12. The van der Waals surface area contributed by atoms with Gasteiger partial charge in [-0.15, -0.1) is 0 Å². The van der Waals surface area contributed by atoms with Crippen LogP contribution in [-0.4, -0.2) is 107 Å². The number of sulfonamides is 2. The Kier molecular flexibility index (Phi) is 31.2. The number of halogens is 6. The fourth-order valence-electron chi connectivity index (χ4n) is 15.7. The van der Waals surface area contributed by atoms with E-state index in [1.54, 1.807) is 92.1 Å². The molecule has 0 radical (unpaired) electrons. The summed E-state index contributed by atoms with van der Waals surface area (Å²) >= 11 is 24.0. The number of hydrogen-bond donors (Lipinski definition) is 12. The number of carbonyl (C=O) groups is 4. The van der Waals surface area contributed by atoms with E-state index in [4.69, 9.17) is 55.7 Å². The van der Waals surface area contributed by atoms with Crippen LogP contribution in [0.25, 0.3) is 76.8 Å². The SMILES string of the molecule is CC(C)c1noc(C(C)NC(=O)c2cc3cc(Cl)ccc3[nH]2)n1.CC(NC(=O)c1cc2cc(Cl)ccc2[nH]1)c1cnn(-c2ccccc2)c1.COc1cccc(-n2cc(C(C)NC(=O)c3cc4cc(Cl)ccc4[nH]3)cn2)c1.C[C@@H](NS(=O)(=O)c1cc2cc(F)ccc2[nH]1)c1ccccc1.C[C@H](NS(=O)(=O)c1cc2cc(F)ccc2[nH]1)c1ccccc1.O=C(NC1(c2ccccc2)CC1)c1cc2cc(Cl)ccc2[nH]1. The third kappa shape index (κ3) is 25.2. The van der Waals surface area contributed by atoms with Crippen LogP contribution in [0.4, 0.5) is 8.78 Å². The molecule has 28 nitrogen and oxygen atoms in total. The van der Waals surface area contributed by atoms with Gasteiger partial charge in [0.1, 0.15) is 56.3 Å². The highest BCUT2D eigenvalue weighted by Gasteiger charge is 2.46. The van der Waals surface area contributed by atoms with Gasteiger partial charge in [0.2, 0.25) is 5.89 Å². The van der Waals surface area contributed by atoms with Crippen molar-refractivity contribution in [3.05, 3.63) is 410 Å². The number of fused-ring (bicyclic) bond motifs is 6. The molecule has 0 aliphatic heterocycles. The minimum atomic E-state index is -3.71. The van der Waals surface area contributed by atoms with Crippen molar-refractivity contribution in [3.63, 3.8) is 0 Å². The number of hydrogen-bond acceptors (Lipinski definition) is 14. The fourth-order valence-corrected chi connectivity index (χ4v) is 18.9. The molecule has 1 aliphatic carbocycles. The monoisotopic (exact) mass is 2040 g/mol. The predicted octanol–water partition coefficient (Wildman–Crippen LogP) is 23.8. The van der Waals surface area contributed by atoms with Gasteiger partial charge in [0.15, 0.2) is 5.82 Å². The molecule has 4 amide bonds. The van der Waals surface area contributed by atoms with Gasteiger partial charge in [-0.05, 0) is 234 Å². The van der Waals surface area contributed by atoms with Crippen LogP contribution < -0.4 is 35.4 Å². The molecule has 0 saturated heterocycles. The highest BCUT2D eigenvalue weighted by Crippen LogP contribution is 2.46. The third-order valence-electron chi connectivity index (χ3n) is 23.6. The van der Waals surface area contributed by atoms with E-state index < -0.39 is 31.7 Å². The van der Waals surface area contributed by atoms with E-state index in [0.717, 1.165) is 95.8 Å². The van der Waals surface area contributed by atoms with Gasteiger partial charge in [-0.25, -0.2) is 44.4 Å². The van der Waals surface area contributed by atoms with Gasteiger partial charge < -0.3 is 60.4 Å². The number of aromatic amines is 6. The summed E-state index contributed by atoms with van der Waals surface area (Å²) in [7, 11) is -5.79. The highest BCUT2D eigenvalue weighted by molar-refractivity contribution is 7.89. The lowest BCUT2D eigenvalue weighted by molar-refractivity contribution is 0.0919. The van der Waals surface area contributed by atoms with Gasteiger partial charge in [0.25, 0.3) is 43.7 Å². The number of methoxy groups -OCH3 is 1. The number of carbonyl (C=O) groups excluding carboxylic acids is 4. The summed E-state index contributed by atoms with van der Waals surface area (Å²) in [5.41, 5.74) is 13.1. The van der Waals surface area contributed by atoms with Gasteiger partial charge in [-0.3, -0.25) is 19.2 Å². The largest absolute Gasteiger partial charge is 0.497 e. The van der Waals surface area contributed by atoms with Crippen LogP contribution in [0.1, 0.15) is 179 Å². The zero-order chi connectivity index (χ0) is 101. The van der Waals surface area contributed by atoms with E-state index in [0.29, 0.717) is 76.4 Å². The molecule has 21 rings (SSSR count). The van der Waals surface area contributed by atoms with Crippen LogP contribution in [0.15, 0.2) is 331 Å². The van der Waals surface area contributed by atoms with Gasteiger partial charge in [-0.1, -0.05) is 181 Å². The van der Waals surface area contributed by atoms with Crippen LogP contribution in [0.3, 0.4) is 0 Å². The lowest BCUT2D eigenvalue weighted by atomic mass is 10.0. The summed E-state index contributed by atoms with van der Waals surface area (Å²) < 4.78 is 95.4. The molecule has 9 heterocycles. The average molecular weight is 2040 g/mol. The number of aromatic nitrogens is 12. The molecular formula is C107H98Cl4F2N18O10S2. The number of para-hydroxylation sites is 1. The van der Waals surface area contributed by atoms with Crippen LogP contribution in [0.5, 0.6) is 5.75 Å². The number of amides is 4. The number of ether oxygens (including phenoxy) is 1. The van der Waals surface area contributed by atoms with E-state index >= 15 is 0 Å². The van der Waals surface area contributed by atoms with Crippen molar-refractivity contribution in [3.8, 4) is 17.1 Å². The molecule has 1 fully saturated rings. The van der Waals surface area contributed by atoms with Crippen molar-refractivity contribution in [1.82, 2.24) is 90.3 Å². The summed E-state index contributed by atoms with van der Waals surface area (Å²) in [6.45, 7) is 13.2. The highest BCUT2D eigenvalue weighted by atomic mass is 35.5. The Hall–Kier alpha value is -15.3. The molecule has 20 aromatic rings. The molecule has 3 unspecified atom stereocenters.